The second kappa shape index (κ2) is 6.59. The molecule has 1 heterocycles. The summed E-state index contributed by atoms with van der Waals surface area (Å²) in [5.74, 6) is 1.61. The molecule has 0 radical (unpaired) electrons. The van der Waals surface area contributed by atoms with Crippen molar-refractivity contribution in [1.29, 1.82) is 0 Å². The van der Waals surface area contributed by atoms with Crippen LogP contribution in [0.1, 0.15) is 36.6 Å². The standard InChI is InChI=1S/C17H28N2O/c1-12(2)17(19-8-6-18-7-9-19)16-14(4)10-13(3)11-15(16)20-5/h10-12,17-18H,6-9H2,1-5H3. The van der Waals surface area contributed by atoms with Crippen LogP contribution in [0.2, 0.25) is 0 Å². The second-order valence-electron chi connectivity index (χ2n) is 6.17. The van der Waals surface area contributed by atoms with Crippen LogP contribution in [0, 0.1) is 19.8 Å². The molecular formula is C17H28N2O. The Morgan fingerprint density at radius 2 is 1.80 bits per heavy atom. The number of hydrogen-bond donors (Lipinski definition) is 1. The predicted octanol–water partition coefficient (Wildman–Crippen LogP) is 2.91. The summed E-state index contributed by atoms with van der Waals surface area (Å²) >= 11 is 0. The molecular weight excluding hydrogens is 248 g/mol. The molecule has 2 rings (SSSR count). The summed E-state index contributed by atoms with van der Waals surface area (Å²) in [6.45, 7) is 13.3. The topological polar surface area (TPSA) is 24.5 Å². The molecule has 1 aliphatic heterocycles. The lowest BCUT2D eigenvalue weighted by molar-refractivity contribution is 0.134. The van der Waals surface area contributed by atoms with E-state index in [1.165, 1.54) is 16.7 Å². The Hall–Kier alpha value is -1.06. The van der Waals surface area contributed by atoms with Gasteiger partial charge in [-0.3, -0.25) is 4.90 Å². The van der Waals surface area contributed by atoms with Crippen LogP contribution in [0.25, 0.3) is 0 Å². The van der Waals surface area contributed by atoms with Crippen LogP contribution in [0.15, 0.2) is 12.1 Å². The molecule has 1 aromatic rings. The Bertz CT molecular complexity index is 451. The maximum atomic E-state index is 5.69. The largest absolute Gasteiger partial charge is 0.496 e. The van der Waals surface area contributed by atoms with Gasteiger partial charge in [-0.05, 0) is 37.0 Å². The zero-order valence-electron chi connectivity index (χ0n) is 13.5. The van der Waals surface area contributed by atoms with Crippen molar-refractivity contribution >= 4 is 0 Å². The second-order valence-corrected chi connectivity index (χ2v) is 6.17. The summed E-state index contributed by atoms with van der Waals surface area (Å²) in [6.07, 6.45) is 0. The third-order valence-corrected chi connectivity index (χ3v) is 4.19. The molecule has 1 unspecified atom stereocenters. The van der Waals surface area contributed by atoms with Gasteiger partial charge >= 0.3 is 0 Å². The van der Waals surface area contributed by atoms with Crippen LogP contribution in [0.3, 0.4) is 0 Å². The highest BCUT2D eigenvalue weighted by Gasteiger charge is 2.28. The molecule has 1 fully saturated rings. The van der Waals surface area contributed by atoms with E-state index in [2.05, 4.69) is 50.0 Å². The summed E-state index contributed by atoms with van der Waals surface area (Å²) in [5.41, 5.74) is 3.99. The molecule has 1 aromatic carbocycles. The van der Waals surface area contributed by atoms with Crippen molar-refractivity contribution in [3.05, 3.63) is 28.8 Å². The first-order chi connectivity index (χ1) is 9.54. The number of nitrogens with zero attached hydrogens (tertiary/aromatic N) is 1. The Balaban J connectivity index is 2.43. The molecule has 3 heteroatoms. The van der Waals surface area contributed by atoms with E-state index < -0.39 is 0 Å². The van der Waals surface area contributed by atoms with E-state index in [9.17, 15) is 0 Å². The lowest BCUT2D eigenvalue weighted by atomic mass is 9.89. The summed E-state index contributed by atoms with van der Waals surface area (Å²) < 4.78 is 5.69. The minimum atomic E-state index is 0.438. The van der Waals surface area contributed by atoms with Crippen molar-refractivity contribution in [2.45, 2.75) is 33.7 Å². The van der Waals surface area contributed by atoms with Crippen molar-refractivity contribution in [1.82, 2.24) is 10.2 Å². The molecule has 0 saturated carbocycles. The molecule has 0 bridgehead atoms. The van der Waals surface area contributed by atoms with E-state index in [1.54, 1.807) is 7.11 Å². The highest BCUT2D eigenvalue weighted by atomic mass is 16.5. The van der Waals surface area contributed by atoms with Crippen molar-refractivity contribution < 1.29 is 4.74 Å². The third-order valence-electron chi connectivity index (χ3n) is 4.19. The number of methoxy groups -OCH3 is 1. The minimum absolute atomic E-state index is 0.438. The molecule has 112 valence electrons. The molecule has 20 heavy (non-hydrogen) atoms. The molecule has 1 saturated heterocycles. The number of aryl methyl sites for hydroxylation is 2. The molecule has 1 aliphatic rings. The van der Waals surface area contributed by atoms with E-state index in [4.69, 9.17) is 4.74 Å². The fourth-order valence-electron chi connectivity index (χ4n) is 3.39. The lowest BCUT2D eigenvalue weighted by Gasteiger charge is -2.39. The Kier molecular flexibility index (Phi) is 5.06. The Labute approximate surface area is 123 Å². The maximum Gasteiger partial charge on any atom is 0.124 e. The van der Waals surface area contributed by atoms with Crippen LogP contribution in [0.4, 0.5) is 0 Å². The third kappa shape index (κ3) is 3.15. The van der Waals surface area contributed by atoms with Crippen LogP contribution >= 0.6 is 0 Å². The summed E-state index contributed by atoms with van der Waals surface area (Å²) in [4.78, 5) is 2.60. The van der Waals surface area contributed by atoms with Crippen molar-refractivity contribution in [2.75, 3.05) is 33.3 Å². The van der Waals surface area contributed by atoms with Gasteiger partial charge in [-0.15, -0.1) is 0 Å². The normalized spacial score (nSPS) is 18.3. The van der Waals surface area contributed by atoms with Crippen molar-refractivity contribution in [2.24, 2.45) is 5.92 Å². The van der Waals surface area contributed by atoms with E-state index in [0.29, 0.717) is 12.0 Å². The van der Waals surface area contributed by atoms with Crippen LogP contribution in [-0.2, 0) is 0 Å². The van der Waals surface area contributed by atoms with Gasteiger partial charge in [0.2, 0.25) is 0 Å². The first kappa shape index (κ1) is 15.3. The predicted molar refractivity (Wildman–Crippen MR) is 84.5 cm³/mol. The fourth-order valence-corrected chi connectivity index (χ4v) is 3.39. The highest BCUT2D eigenvalue weighted by molar-refractivity contribution is 5.45. The van der Waals surface area contributed by atoms with Gasteiger partial charge in [-0.2, -0.15) is 0 Å². The van der Waals surface area contributed by atoms with Crippen LogP contribution in [-0.4, -0.2) is 38.2 Å². The number of rotatable bonds is 4. The van der Waals surface area contributed by atoms with Crippen LogP contribution < -0.4 is 10.1 Å². The quantitative estimate of drug-likeness (QED) is 0.915. The van der Waals surface area contributed by atoms with E-state index >= 15 is 0 Å². The number of ether oxygens (including phenoxy) is 1. The van der Waals surface area contributed by atoms with E-state index in [1.807, 2.05) is 0 Å². The first-order valence-corrected chi connectivity index (χ1v) is 7.64. The molecule has 1 N–H and O–H groups in total. The van der Waals surface area contributed by atoms with Gasteiger partial charge in [0.15, 0.2) is 0 Å². The van der Waals surface area contributed by atoms with Crippen molar-refractivity contribution in [3.63, 3.8) is 0 Å². The van der Waals surface area contributed by atoms with Gasteiger partial charge in [-0.1, -0.05) is 19.9 Å². The Morgan fingerprint density at radius 3 is 2.35 bits per heavy atom. The summed E-state index contributed by atoms with van der Waals surface area (Å²) in [7, 11) is 1.78. The Morgan fingerprint density at radius 1 is 1.15 bits per heavy atom. The van der Waals surface area contributed by atoms with Gasteiger partial charge < -0.3 is 10.1 Å². The molecule has 3 nitrogen and oxygen atoms in total. The monoisotopic (exact) mass is 276 g/mol. The van der Waals surface area contributed by atoms with Gasteiger partial charge in [0, 0.05) is 37.8 Å². The molecule has 0 spiro atoms. The smallest absolute Gasteiger partial charge is 0.124 e. The van der Waals surface area contributed by atoms with Gasteiger partial charge in [-0.25, -0.2) is 0 Å². The van der Waals surface area contributed by atoms with Crippen LogP contribution in [0.5, 0.6) is 5.75 Å². The average molecular weight is 276 g/mol. The minimum Gasteiger partial charge on any atom is -0.496 e. The lowest BCUT2D eigenvalue weighted by Crippen LogP contribution is -2.46. The number of piperazine rings is 1. The number of nitrogens with one attached hydrogen (secondary N) is 1. The first-order valence-electron chi connectivity index (χ1n) is 7.64. The number of benzene rings is 1. The van der Waals surface area contributed by atoms with Crippen molar-refractivity contribution in [3.8, 4) is 5.75 Å². The summed E-state index contributed by atoms with van der Waals surface area (Å²) in [5, 5.41) is 3.44. The molecule has 1 atom stereocenters. The van der Waals surface area contributed by atoms with E-state index in [0.717, 1.165) is 31.9 Å². The highest BCUT2D eigenvalue weighted by Crippen LogP contribution is 2.37. The van der Waals surface area contributed by atoms with Gasteiger partial charge in [0.25, 0.3) is 0 Å². The zero-order valence-corrected chi connectivity index (χ0v) is 13.5. The summed E-state index contributed by atoms with van der Waals surface area (Å²) in [6, 6.07) is 4.88. The van der Waals surface area contributed by atoms with Gasteiger partial charge in [0.05, 0.1) is 7.11 Å². The molecule has 0 amide bonds. The zero-order chi connectivity index (χ0) is 14.7. The average Bonchev–Trinajstić information content (AvgIpc) is 2.42. The van der Waals surface area contributed by atoms with Gasteiger partial charge in [0.1, 0.15) is 5.75 Å². The number of hydrogen-bond acceptors (Lipinski definition) is 3. The van der Waals surface area contributed by atoms with E-state index in [-0.39, 0.29) is 0 Å². The molecule has 0 aromatic heterocycles. The fraction of sp³-hybridized carbons (Fsp3) is 0.647. The SMILES string of the molecule is COc1cc(C)cc(C)c1C(C(C)C)N1CCNCC1. The molecule has 0 aliphatic carbocycles. The maximum absolute atomic E-state index is 5.69.